The third-order valence-electron chi connectivity index (χ3n) is 14.2. The monoisotopic (exact) mass is 1150 g/mol. The first-order valence-corrected chi connectivity index (χ1v) is 37.1. The van der Waals surface area contributed by atoms with Gasteiger partial charge in [0.1, 0.15) is 34.4 Å². The smallest absolute Gasteiger partial charge is 0.246 e. The van der Waals surface area contributed by atoms with Gasteiger partial charge in [-0.2, -0.15) is 0 Å². The molecular formula is C54H78N10O10S2Si2. The Bertz CT molecular complexity index is 2970. The minimum absolute atomic E-state index is 0.000253. The van der Waals surface area contributed by atoms with Crippen LogP contribution in [0.15, 0.2) is 73.3 Å². The second kappa shape index (κ2) is 25.0. The number of para-hydroxylation sites is 2. The Labute approximate surface area is 462 Å². The van der Waals surface area contributed by atoms with Gasteiger partial charge < -0.3 is 29.2 Å². The molecule has 24 heteroatoms. The molecule has 0 spiro atoms. The molecule has 2 aliphatic carbocycles. The van der Waals surface area contributed by atoms with Crippen LogP contribution in [0.1, 0.15) is 49.7 Å². The van der Waals surface area contributed by atoms with Crippen molar-refractivity contribution in [3.05, 3.63) is 84.4 Å². The minimum Gasteiger partial charge on any atom is -0.494 e. The number of hydrogen-bond donors (Lipinski definition) is 2. The van der Waals surface area contributed by atoms with Crippen LogP contribution in [0.3, 0.4) is 0 Å². The highest BCUT2D eigenvalue weighted by Crippen LogP contribution is 2.42. The van der Waals surface area contributed by atoms with Crippen LogP contribution >= 0.6 is 0 Å². The van der Waals surface area contributed by atoms with Crippen LogP contribution in [0.4, 0.5) is 11.9 Å². The highest BCUT2D eigenvalue weighted by atomic mass is 32.2. The van der Waals surface area contributed by atoms with Crippen LogP contribution in [-0.4, -0.2) is 148 Å². The van der Waals surface area contributed by atoms with Gasteiger partial charge in [-0.25, -0.2) is 25.4 Å². The largest absolute Gasteiger partial charge is 0.494 e. The number of aliphatic hydroxyl groups excluding tert-OH is 2. The lowest BCUT2D eigenvalue weighted by atomic mass is 9.82. The van der Waals surface area contributed by atoms with Gasteiger partial charge in [0.05, 0.1) is 52.2 Å². The van der Waals surface area contributed by atoms with Crippen LogP contribution in [-0.2, 0) is 20.0 Å². The van der Waals surface area contributed by atoms with E-state index in [9.17, 15) is 27.0 Å². The molecule has 2 atom stereocenters. The Morgan fingerprint density at radius 2 is 0.897 bits per heavy atom. The molecule has 4 aromatic heterocycles. The number of anilines is 2. The Hall–Kier alpha value is -5.93. The van der Waals surface area contributed by atoms with Gasteiger partial charge in [0, 0.05) is 65.2 Å². The fourth-order valence-corrected chi connectivity index (χ4v) is 14.6. The van der Waals surface area contributed by atoms with Crippen molar-refractivity contribution >= 4 is 48.1 Å². The van der Waals surface area contributed by atoms with E-state index in [0.29, 0.717) is 69.2 Å². The van der Waals surface area contributed by atoms with Crippen LogP contribution in [0.25, 0.3) is 34.2 Å². The van der Waals surface area contributed by atoms with E-state index in [1.54, 1.807) is 98.8 Å². The fraction of sp³-hybridized carbons (Fsp3) is 0.519. The molecule has 0 saturated heterocycles. The second-order valence-corrected chi connectivity index (χ2v) is 37.8. The number of methoxy groups -OCH3 is 4. The molecule has 20 nitrogen and oxygen atoms in total. The maximum Gasteiger partial charge on any atom is 0.246 e. The van der Waals surface area contributed by atoms with Crippen LogP contribution in [0.5, 0.6) is 23.0 Å². The van der Waals surface area contributed by atoms with E-state index in [-0.39, 0.29) is 48.3 Å². The topological polar surface area (TPSA) is 239 Å². The van der Waals surface area contributed by atoms with Gasteiger partial charge in [-0.15, -0.1) is 20.4 Å². The first kappa shape index (κ1) is 59.7. The number of aromatic nitrogens is 8. The highest BCUT2D eigenvalue weighted by Gasteiger charge is 2.39. The molecular weight excluding hydrogens is 1070 g/mol. The summed E-state index contributed by atoms with van der Waals surface area (Å²) < 4.78 is 84.9. The summed E-state index contributed by atoms with van der Waals surface area (Å²) in [5.41, 5.74) is 4.13. The molecule has 2 fully saturated rings. The van der Waals surface area contributed by atoms with Crippen molar-refractivity contribution in [1.82, 2.24) is 39.5 Å². The molecule has 2 aliphatic rings. The van der Waals surface area contributed by atoms with Crippen molar-refractivity contribution in [2.24, 2.45) is 11.8 Å². The summed E-state index contributed by atoms with van der Waals surface area (Å²) in [7, 11) is -5.12. The van der Waals surface area contributed by atoms with E-state index in [2.05, 4.69) is 69.6 Å². The summed E-state index contributed by atoms with van der Waals surface area (Å²) in [5, 5.41) is 39.5. The molecule has 2 N–H and O–H groups in total. The van der Waals surface area contributed by atoms with Crippen molar-refractivity contribution in [2.75, 3.05) is 61.6 Å². The summed E-state index contributed by atoms with van der Waals surface area (Å²) in [6.07, 6.45) is 10.3. The fourth-order valence-electron chi connectivity index (χ4n) is 9.25. The van der Waals surface area contributed by atoms with E-state index in [4.69, 9.17) is 18.9 Å². The molecule has 0 radical (unpaired) electrons. The summed E-state index contributed by atoms with van der Waals surface area (Å²) in [5.74, 6) is 2.16. The van der Waals surface area contributed by atoms with Gasteiger partial charge >= 0.3 is 0 Å². The molecule has 0 unspecified atom stereocenters. The Kier molecular flexibility index (Phi) is 19.2. The summed E-state index contributed by atoms with van der Waals surface area (Å²) in [4.78, 5) is 8.65. The molecule has 4 heterocycles. The molecule has 0 amide bonds. The van der Waals surface area contributed by atoms with E-state index < -0.39 is 48.4 Å². The van der Waals surface area contributed by atoms with Crippen LogP contribution < -0.4 is 27.6 Å². The standard InChI is InChI=1S/2C27H39N5O5SSi/c2*1-19-15-21(17-28-16-19)26-29-30-27(32(26)25-23(36-2)11-8-12-24(25)37-3)31(13-14-39(4,5)6)38(34,35)18-22(33)20-9-7-10-20/h2*8,11-12,15-17,20,22,33H,7,9-10,13-14,18H2,1-6H3/t2*22-/m10/s1. The summed E-state index contributed by atoms with van der Waals surface area (Å²) >= 11 is 0. The Morgan fingerprint density at radius 3 is 1.17 bits per heavy atom. The lowest BCUT2D eigenvalue weighted by Crippen LogP contribution is -2.43. The zero-order chi connectivity index (χ0) is 56.7. The number of nitrogens with zero attached hydrogens (tertiary/aromatic N) is 10. The van der Waals surface area contributed by atoms with E-state index >= 15 is 0 Å². The number of pyridine rings is 2. The molecule has 2 saturated carbocycles. The maximum atomic E-state index is 14.0. The van der Waals surface area contributed by atoms with Crippen molar-refractivity contribution in [3.63, 3.8) is 0 Å². The number of aryl methyl sites for hydroxylation is 2. The Balaban J connectivity index is 0.000000226. The van der Waals surface area contributed by atoms with Crippen LogP contribution in [0, 0.1) is 25.7 Å². The average Bonchev–Trinajstić information content (AvgIpc) is 3.96. The van der Waals surface area contributed by atoms with Crippen molar-refractivity contribution in [3.8, 4) is 57.1 Å². The van der Waals surface area contributed by atoms with Gasteiger partial charge in [-0.1, -0.05) is 64.3 Å². The summed E-state index contributed by atoms with van der Waals surface area (Å²) in [6, 6.07) is 15.9. The first-order chi connectivity index (χ1) is 36.9. The Morgan fingerprint density at radius 1 is 0.564 bits per heavy atom. The molecule has 0 bridgehead atoms. The summed E-state index contributed by atoms with van der Waals surface area (Å²) in [6.45, 7) is 17.4. The average molecular weight is 1150 g/mol. The van der Waals surface area contributed by atoms with E-state index in [1.165, 1.54) is 8.61 Å². The van der Waals surface area contributed by atoms with Gasteiger partial charge in [-0.05, 0) is 111 Å². The zero-order valence-corrected chi connectivity index (χ0v) is 50.8. The maximum absolute atomic E-state index is 14.0. The van der Waals surface area contributed by atoms with Gasteiger partial charge in [0.25, 0.3) is 0 Å². The third kappa shape index (κ3) is 14.1. The third-order valence-corrected chi connectivity index (χ3v) is 21.2. The van der Waals surface area contributed by atoms with Gasteiger partial charge in [0.2, 0.25) is 31.9 Å². The predicted molar refractivity (Wildman–Crippen MR) is 310 cm³/mol. The number of hydrogen-bond acceptors (Lipinski definition) is 16. The lowest BCUT2D eigenvalue weighted by Gasteiger charge is -2.32. The van der Waals surface area contributed by atoms with Crippen LogP contribution in [0.2, 0.25) is 51.4 Å². The predicted octanol–water partition coefficient (Wildman–Crippen LogP) is 8.58. The number of aliphatic hydroxyl groups is 2. The molecule has 0 aliphatic heterocycles. The quantitative estimate of drug-likeness (QED) is 0.0540. The SMILES string of the molecule is COc1cccc(OC)c1-n1c(-c2cncc(C)c2)nnc1N(CC[Si](C)(C)C)S(=O)(=O)C[C@@H](O)C1CCC1.COc1cccc(OC)c1-n1c(-c2cncc(C)c2)nnc1N(CC[Si](C)(C)C)S(=O)(=O)C[C@H](O)C1CCC1. The lowest BCUT2D eigenvalue weighted by molar-refractivity contribution is 0.0800. The van der Waals surface area contributed by atoms with Gasteiger partial charge in [-0.3, -0.25) is 19.1 Å². The second-order valence-electron chi connectivity index (χ2n) is 22.7. The minimum atomic E-state index is -3.98. The van der Waals surface area contributed by atoms with Crippen molar-refractivity contribution in [1.29, 1.82) is 0 Å². The number of benzene rings is 2. The van der Waals surface area contributed by atoms with Crippen molar-refractivity contribution in [2.45, 2.75) is 116 Å². The zero-order valence-electron chi connectivity index (χ0n) is 47.2. The number of rotatable bonds is 24. The molecule has 8 rings (SSSR count). The number of sulfonamides is 2. The molecule has 78 heavy (non-hydrogen) atoms. The van der Waals surface area contributed by atoms with E-state index in [0.717, 1.165) is 49.7 Å². The number of ether oxygens (including phenoxy) is 4. The molecule has 424 valence electrons. The molecule has 6 aromatic rings. The first-order valence-electron chi connectivity index (χ1n) is 26.4. The molecule has 2 aromatic carbocycles. The van der Waals surface area contributed by atoms with Crippen molar-refractivity contribution < 1.29 is 46.0 Å². The van der Waals surface area contributed by atoms with E-state index in [1.807, 2.05) is 26.0 Å². The highest BCUT2D eigenvalue weighted by molar-refractivity contribution is 7.93. The normalized spacial score (nSPS) is 15.1. The van der Waals surface area contributed by atoms with Gasteiger partial charge in [0.15, 0.2) is 11.6 Å².